The van der Waals surface area contributed by atoms with Gasteiger partial charge in [0.15, 0.2) is 18.5 Å². The summed E-state index contributed by atoms with van der Waals surface area (Å²) in [6, 6.07) is 0. The molecule has 1 fully saturated rings. The molecular formula is C45H80O11. The Labute approximate surface area is 339 Å². The maximum absolute atomic E-state index is 12.7. The van der Waals surface area contributed by atoms with E-state index in [2.05, 4.69) is 38.2 Å². The Morgan fingerprint density at radius 1 is 0.554 bits per heavy atom. The van der Waals surface area contributed by atoms with E-state index in [0.29, 0.717) is 12.8 Å². The topological polar surface area (TPSA) is 169 Å². The number of hydrogen-bond donors (Lipinski definition) is 4. The molecule has 0 aliphatic carbocycles. The van der Waals surface area contributed by atoms with Crippen molar-refractivity contribution in [2.75, 3.05) is 13.2 Å². The van der Waals surface area contributed by atoms with Crippen LogP contribution in [0.2, 0.25) is 0 Å². The number of unbranched alkanes of at least 4 members (excludes halogenated alkanes) is 22. The van der Waals surface area contributed by atoms with Crippen molar-refractivity contribution in [1.29, 1.82) is 0 Å². The SMILES string of the molecule is CCCCCCC/C=C\C/C=C\CCCCCCCCCCCC(=O)OCC(COC1OC(C(=O)O)C(O)C(O)C1O)OC(=O)CCCCCCCCCCC. The molecule has 0 aromatic heterocycles. The van der Waals surface area contributed by atoms with E-state index in [0.717, 1.165) is 51.4 Å². The number of carboxylic acids is 1. The number of allylic oxidation sites excluding steroid dienone is 4. The van der Waals surface area contributed by atoms with E-state index >= 15 is 0 Å². The maximum Gasteiger partial charge on any atom is 0.335 e. The van der Waals surface area contributed by atoms with Gasteiger partial charge < -0.3 is 39.4 Å². The van der Waals surface area contributed by atoms with E-state index < -0.39 is 54.7 Å². The monoisotopic (exact) mass is 797 g/mol. The van der Waals surface area contributed by atoms with Crippen molar-refractivity contribution < 1.29 is 53.8 Å². The first-order chi connectivity index (χ1) is 27.2. The van der Waals surface area contributed by atoms with Gasteiger partial charge >= 0.3 is 17.9 Å². The number of carbonyl (C=O) groups excluding carboxylic acids is 2. The summed E-state index contributed by atoms with van der Waals surface area (Å²) in [5, 5.41) is 39.7. The van der Waals surface area contributed by atoms with Gasteiger partial charge in [0.1, 0.15) is 24.9 Å². The lowest BCUT2D eigenvalue weighted by molar-refractivity contribution is -0.298. The molecule has 6 atom stereocenters. The van der Waals surface area contributed by atoms with Crippen molar-refractivity contribution in [3.05, 3.63) is 24.3 Å². The largest absolute Gasteiger partial charge is 0.479 e. The van der Waals surface area contributed by atoms with Gasteiger partial charge in [-0.05, 0) is 44.9 Å². The molecule has 0 radical (unpaired) electrons. The van der Waals surface area contributed by atoms with Crippen LogP contribution in [0.15, 0.2) is 24.3 Å². The fourth-order valence-corrected chi connectivity index (χ4v) is 6.73. The van der Waals surface area contributed by atoms with E-state index in [4.69, 9.17) is 18.9 Å². The first-order valence-electron chi connectivity index (χ1n) is 22.4. The van der Waals surface area contributed by atoms with Gasteiger partial charge in [-0.15, -0.1) is 0 Å². The molecule has 1 aliphatic rings. The van der Waals surface area contributed by atoms with E-state index in [1.54, 1.807) is 0 Å². The average Bonchev–Trinajstić information content (AvgIpc) is 3.18. The number of aliphatic hydroxyl groups excluding tert-OH is 3. The Kier molecular flexibility index (Phi) is 33.1. The van der Waals surface area contributed by atoms with Crippen LogP contribution >= 0.6 is 0 Å². The zero-order valence-electron chi connectivity index (χ0n) is 35.1. The molecule has 56 heavy (non-hydrogen) atoms. The Morgan fingerprint density at radius 3 is 1.48 bits per heavy atom. The molecule has 1 heterocycles. The van der Waals surface area contributed by atoms with Gasteiger partial charge in [-0.1, -0.05) is 160 Å². The zero-order chi connectivity index (χ0) is 41.1. The Bertz CT molecular complexity index is 1030. The lowest BCUT2D eigenvalue weighted by atomic mass is 9.99. The van der Waals surface area contributed by atoms with Crippen LogP contribution in [0.3, 0.4) is 0 Å². The number of ether oxygens (including phenoxy) is 4. The predicted octanol–water partition coefficient (Wildman–Crippen LogP) is 9.43. The molecule has 6 unspecified atom stereocenters. The number of carboxylic acid groups (broad SMARTS) is 1. The molecule has 0 aromatic carbocycles. The molecular weight excluding hydrogens is 716 g/mol. The summed E-state index contributed by atoms with van der Waals surface area (Å²) in [7, 11) is 0. The minimum absolute atomic E-state index is 0.184. The summed E-state index contributed by atoms with van der Waals surface area (Å²) >= 11 is 0. The minimum Gasteiger partial charge on any atom is -0.479 e. The molecule has 0 amide bonds. The number of aliphatic hydroxyl groups is 3. The van der Waals surface area contributed by atoms with Crippen LogP contribution in [-0.2, 0) is 33.3 Å². The fourth-order valence-electron chi connectivity index (χ4n) is 6.73. The van der Waals surface area contributed by atoms with Crippen LogP contribution < -0.4 is 0 Å². The molecule has 4 N–H and O–H groups in total. The van der Waals surface area contributed by atoms with Crippen molar-refractivity contribution in [3.63, 3.8) is 0 Å². The van der Waals surface area contributed by atoms with E-state index in [9.17, 15) is 34.8 Å². The minimum atomic E-state index is -1.86. The molecule has 0 bridgehead atoms. The first-order valence-corrected chi connectivity index (χ1v) is 22.4. The van der Waals surface area contributed by atoms with Crippen LogP contribution in [0, 0.1) is 0 Å². The molecule has 0 saturated carbocycles. The third kappa shape index (κ3) is 27.3. The van der Waals surface area contributed by atoms with Crippen LogP contribution in [0.5, 0.6) is 0 Å². The number of carbonyl (C=O) groups is 3. The summed E-state index contributed by atoms with van der Waals surface area (Å²) in [5.74, 6) is -2.45. The van der Waals surface area contributed by atoms with Crippen LogP contribution in [0.1, 0.15) is 194 Å². The van der Waals surface area contributed by atoms with Crippen LogP contribution in [0.25, 0.3) is 0 Å². The number of aliphatic carboxylic acids is 1. The highest BCUT2D eigenvalue weighted by Gasteiger charge is 2.47. The van der Waals surface area contributed by atoms with Gasteiger partial charge in [0, 0.05) is 12.8 Å². The molecule has 0 aromatic rings. The number of rotatable bonds is 37. The molecule has 1 saturated heterocycles. The third-order valence-corrected chi connectivity index (χ3v) is 10.3. The van der Waals surface area contributed by atoms with Gasteiger partial charge in [-0.25, -0.2) is 4.79 Å². The summed E-state index contributed by atoms with van der Waals surface area (Å²) in [6.07, 6.45) is 29.6. The van der Waals surface area contributed by atoms with Gasteiger partial charge in [0.25, 0.3) is 0 Å². The van der Waals surface area contributed by atoms with Crippen molar-refractivity contribution in [2.24, 2.45) is 0 Å². The Hall–Kier alpha value is -2.31. The highest BCUT2D eigenvalue weighted by atomic mass is 16.7. The lowest BCUT2D eigenvalue weighted by Crippen LogP contribution is -2.60. The second-order valence-electron chi connectivity index (χ2n) is 15.5. The van der Waals surface area contributed by atoms with Gasteiger partial charge in [0.05, 0.1) is 6.61 Å². The maximum atomic E-state index is 12.7. The van der Waals surface area contributed by atoms with Crippen LogP contribution in [0.4, 0.5) is 0 Å². The van der Waals surface area contributed by atoms with E-state index in [1.165, 1.54) is 103 Å². The lowest BCUT2D eigenvalue weighted by Gasteiger charge is -2.38. The predicted molar refractivity (Wildman–Crippen MR) is 220 cm³/mol. The molecule has 11 heteroatoms. The van der Waals surface area contributed by atoms with Gasteiger partial charge in [0.2, 0.25) is 0 Å². The highest BCUT2D eigenvalue weighted by Crippen LogP contribution is 2.23. The fraction of sp³-hybridized carbons (Fsp3) is 0.844. The third-order valence-electron chi connectivity index (χ3n) is 10.3. The normalized spacial score (nSPS) is 20.5. The molecule has 11 nitrogen and oxygen atoms in total. The summed E-state index contributed by atoms with van der Waals surface area (Å²) in [4.78, 5) is 36.7. The van der Waals surface area contributed by atoms with Gasteiger partial charge in [-0.3, -0.25) is 9.59 Å². The van der Waals surface area contributed by atoms with Crippen molar-refractivity contribution >= 4 is 17.9 Å². The number of esters is 2. The molecule has 1 aliphatic heterocycles. The summed E-state index contributed by atoms with van der Waals surface area (Å²) < 4.78 is 21.7. The highest BCUT2D eigenvalue weighted by molar-refractivity contribution is 5.73. The smallest absolute Gasteiger partial charge is 0.335 e. The standard InChI is InChI=1S/C45H80O11/c1-3-5-7-9-11-13-14-15-16-17-18-19-20-21-22-23-24-26-27-29-31-33-38(46)53-35-37(55-39(47)34-32-30-28-25-12-10-8-6-4-2)36-54-45-42(50)40(48)41(49)43(56-45)44(51)52/h14-15,17-18,37,40-43,45,48-50H,3-13,16,19-36H2,1-2H3,(H,51,52)/b15-14-,18-17-. The number of hydrogen-bond acceptors (Lipinski definition) is 10. The van der Waals surface area contributed by atoms with Crippen molar-refractivity contribution in [1.82, 2.24) is 0 Å². The second-order valence-corrected chi connectivity index (χ2v) is 15.5. The Balaban J connectivity index is 2.29. The molecule has 1 rings (SSSR count). The summed E-state index contributed by atoms with van der Waals surface area (Å²) in [5.41, 5.74) is 0. The zero-order valence-corrected chi connectivity index (χ0v) is 35.1. The van der Waals surface area contributed by atoms with Crippen molar-refractivity contribution in [2.45, 2.75) is 230 Å². The van der Waals surface area contributed by atoms with Gasteiger partial charge in [-0.2, -0.15) is 0 Å². The molecule has 326 valence electrons. The second kappa shape index (κ2) is 35.8. The molecule has 0 spiro atoms. The van der Waals surface area contributed by atoms with Crippen molar-refractivity contribution in [3.8, 4) is 0 Å². The average molecular weight is 797 g/mol. The Morgan fingerprint density at radius 2 is 1.00 bits per heavy atom. The van der Waals surface area contributed by atoms with E-state index in [-0.39, 0.29) is 26.1 Å². The first kappa shape index (κ1) is 51.7. The quantitative estimate of drug-likeness (QED) is 0.0268. The van der Waals surface area contributed by atoms with E-state index in [1.807, 2.05) is 0 Å². The van der Waals surface area contributed by atoms with Crippen LogP contribution in [-0.4, -0.2) is 88.4 Å². The summed E-state index contributed by atoms with van der Waals surface area (Å²) in [6.45, 7) is 3.77.